The molecule has 1 aromatic carbocycles. The molecule has 1 aromatic rings. The number of alkyl halides is 3. The van der Waals surface area contributed by atoms with E-state index in [1.165, 1.54) is 25.3 Å². The molecular formula is C12H17F3N2O3S. The minimum absolute atomic E-state index is 0.0871. The number of benzene rings is 1. The van der Waals surface area contributed by atoms with E-state index in [2.05, 4.69) is 0 Å². The van der Waals surface area contributed by atoms with Gasteiger partial charge < -0.3 is 10.5 Å². The molecule has 0 aliphatic carbocycles. The van der Waals surface area contributed by atoms with Crippen LogP contribution in [0.2, 0.25) is 0 Å². The zero-order chi connectivity index (χ0) is 16.1. The van der Waals surface area contributed by atoms with Gasteiger partial charge in [-0.25, -0.2) is 13.1 Å². The molecule has 1 rings (SSSR count). The molecule has 0 fully saturated rings. The average molecular weight is 326 g/mol. The summed E-state index contributed by atoms with van der Waals surface area (Å²) in [5, 5.41) is 0. The summed E-state index contributed by atoms with van der Waals surface area (Å²) in [6, 6.07) is 4.23. The van der Waals surface area contributed by atoms with Crippen LogP contribution in [0.25, 0.3) is 0 Å². The molecule has 0 unspecified atom stereocenters. The highest BCUT2D eigenvalue weighted by Crippen LogP contribution is 2.23. The number of halogens is 3. The second kappa shape index (κ2) is 7.10. The molecule has 0 radical (unpaired) electrons. The summed E-state index contributed by atoms with van der Waals surface area (Å²) in [6.07, 6.45) is -5.37. The summed E-state index contributed by atoms with van der Waals surface area (Å²) in [6.45, 7) is -0.502. The first kappa shape index (κ1) is 17.7. The van der Waals surface area contributed by atoms with E-state index < -0.39 is 29.2 Å². The molecule has 0 heterocycles. The van der Waals surface area contributed by atoms with Gasteiger partial charge in [0.15, 0.2) is 0 Å². The lowest BCUT2D eigenvalue weighted by molar-refractivity contribution is -0.132. The molecule has 0 bridgehead atoms. The van der Waals surface area contributed by atoms with Crippen molar-refractivity contribution in [3.63, 3.8) is 0 Å². The zero-order valence-electron chi connectivity index (χ0n) is 11.4. The van der Waals surface area contributed by atoms with Crippen LogP contribution < -0.4 is 15.2 Å². The van der Waals surface area contributed by atoms with Crippen LogP contribution in [0.4, 0.5) is 13.2 Å². The van der Waals surface area contributed by atoms with Crippen LogP contribution in [0.5, 0.6) is 5.75 Å². The Morgan fingerprint density at radius 1 is 1.33 bits per heavy atom. The molecule has 0 amide bonds. The van der Waals surface area contributed by atoms with E-state index in [0.717, 1.165) is 0 Å². The Morgan fingerprint density at radius 2 is 2.00 bits per heavy atom. The molecule has 0 saturated heterocycles. The number of hydrogen-bond donors (Lipinski definition) is 2. The lowest BCUT2D eigenvalue weighted by Gasteiger charge is -2.13. The van der Waals surface area contributed by atoms with Gasteiger partial charge in [0.05, 0.1) is 18.4 Å². The summed E-state index contributed by atoms with van der Waals surface area (Å²) in [5.74, 6) is 0.452. The predicted octanol–water partition coefficient (Wildman–Crippen LogP) is 1.43. The van der Waals surface area contributed by atoms with Crippen molar-refractivity contribution in [1.82, 2.24) is 4.72 Å². The van der Waals surface area contributed by atoms with Gasteiger partial charge >= 0.3 is 6.18 Å². The third-order valence-corrected chi connectivity index (χ3v) is 4.23. The molecular weight excluding hydrogens is 309 g/mol. The first-order valence-corrected chi connectivity index (χ1v) is 7.61. The zero-order valence-corrected chi connectivity index (χ0v) is 12.2. The molecule has 0 spiro atoms. The molecule has 0 saturated carbocycles. The van der Waals surface area contributed by atoms with Crippen molar-refractivity contribution in [3.05, 3.63) is 23.8 Å². The summed E-state index contributed by atoms with van der Waals surface area (Å²) >= 11 is 0. The van der Waals surface area contributed by atoms with Gasteiger partial charge in [0, 0.05) is 6.54 Å². The van der Waals surface area contributed by atoms with Crippen molar-refractivity contribution < 1.29 is 26.3 Å². The van der Waals surface area contributed by atoms with Crippen LogP contribution >= 0.6 is 0 Å². The van der Waals surface area contributed by atoms with Gasteiger partial charge in [-0.15, -0.1) is 0 Å². The average Bonchev–Trinajstić information content (AvgIpc) is 2.37. The Balaban J connectivity index is 2.96. The van der Waals surface area contributed by atoms with Crippen molar-refractivity contribution in [2.24, 2.45) is 5.73 Å². The molecule has 0 atom stereocenters. The van der Waals surface area contributed by atoms with Gasteiger partial charge in [0.1, 0.15) is 5.75 Å². The first-order valence-electron chi connectivity index (χ1n) is 6.13. The number of ether oxygens (including phenoxy) is 1. The highest BCUT2D eigenvalue weighted by Gasteiger charge is 2.28. The van der Waals surface area contributed by atoms with Crippen LogP contribution in [0.1, 0.15) is 12.0 Å². The van der Waals surface area contributed by atoms with Crippen molar-refractivity contribution in [1.29, 1.82) is 0 Å². The Hall–Kier alpha value is -1.32. The van der Waals surface area contributed by atoms with Gasteiger partial charge in [0.2, 0.25) is 10.0 Å². The minimum Gasteiger partial charge on any atom is -0.497 e. The number of hydrogen-bond acceptors (Lipinski definition) is 4. The number of rotatable bonds is 7. The van der Waals surface area contributed by atoms with Crippen LogP contribution in [0.15, 0.2) is 23.1 Å². The molecule has 9 heteroatoms. The lowest BCUT2D eigenvalue weighted by atomic mass is 10.1. The molecule has 21 heavy (non-hydrogen) atoms. The second-order valence-corrected chi connectivity index (χ2v) is 6.01. The van der Waals surface area contributed by atoms with Gasteiger partial charge in [-0.2, -0.15) is 13.2 Å². The SMILES string of the molecule is COc1ccc(S(=O)(=O)NCCC(F)(F)F)c(CCN)c1. The molecule has 0 aliphatic rings. The van der Waals surface area contributed by atoms with Crippen molar-refractivity contribution >= 4 is 10.0 Å². The molecule has 3 N–H and O–H groups in total. The summed E-state index contributed by atoms with van der Waals surface area (Å²) in [7, 11) is -2.59. The van der Waals surface area contributed by atoms with Gasteiger partial charge in [0.25, 0.3) is 0 Å². The Bertz CT molecular complexity index is 574. The van der Waals surface area contributed by atoms with E-state index in [4.69, 9.17) is 10.5 Å². The number of nitrogens with two attached hydrogens (primary N) is 1. The van der Waals surface area contributed by atoms with E-state index in [-0.39, 0.29) is 17.9 Å². The fraction of sp³-hybridized carbons (Fsp3) is 0.500. The quantitative estimate of drug-likeness (QED) is 0.794. The fourth-order valence-electron chi connectivity index (χ4n) is 1.70. The maximum Gasteiger partial charge on any atom is 0.390 e. The van der Waals surface area contributed by atoms with Crippen LogP contribution in [-0.4, -0.2) is 34.8 Å². The standard InChI is InChI=1S/C12H17F3N2O3S/c1-20-10-2-3-11(9(8-10)4-6-16)21(18,19)17-7-5-12(13,14)15/h2-3,8,17H,4-7,16H2,1H3. The van der Waals surface area contributed by atoms with E-state index in [9.17, 15) is 21.6 Å². The van der Waals surface area contributed by atoms with Crippen LogP contribution in [-0.2, 0) is 16.4 Å². The minimum atomic E-state index is -4.41. The van der Waals surface area contributed by atoms with Gasteiger partial charge in [-0.1, -0.05) is 0 Å². The van der Waals surface area contributed by atoms with E-state index in [1.54, 1.807) is 0 Å². The highest BCUT2D eigenvalue weighted by atomic mass is 32.2. The molecule has 0 aliphatic heterocycles. The second-order valence-electron chi connectivity index (χ2n) is 4.28. The van der Waals surface area contributed by atoms with Crippen LogP contribution in [0, 0.1) is 0 Å². The number of nitrogens with one attached hydrogen (secondary N) is 1. The maximum absolute atomic E-state index is 12.1. The van der Waals surface area contributed by atoms with Gasteiger partial charge in [-0.05, 0) is 36.7 Å². The van der Waals surface area contributed by atoms with E-state index in [0.29, 0.717) is 11.3 Å². The van der Waals surface area contributed by atoms with Crippen molar-refractivity contribution in [3.8, 4) is 5.75 Å². The molecule has 5 nitrogen and oxygen atoms in total. The Labute approximate surface area is 121 Å². The summed E-state index contributed by atoms with van der Waals surface area (Å²) in [5.41, 5.74) is 5.82. The third kappa shape index (κ3) is 5.52. The largest absolute Gasteiger partial charge is 0.497 e. The summed E-state index contributed by atoms with van der Waals surface area (Å²) < 4.78 is 67.2. The number of methoxy groups -OCH3 is 1. The van der Waals surface area contributed by atoms with Crippen LogP contribution in [0.3, 0.4) is 0 Å². The van der Waals surface area contributed by atoms with Crippen molar-refractivity contribution in [2.45, 2.75) is 23.9 Å². The fourth-order valence-corrected chi connectivity index (χ4v) is 2.98. The topological polar surface area (TPSA) is 81.4 Å². The predicted molar refractivity (Wildman–Crippen MR) is 71.6 cm³/mol. The van der Waals surface area contributed by atoms with E-state index >= 15 is 0 Å². The highest BCUT2D eigenvalue weighted by molar-refractivity contribution is 7.89. The smallest absolute Gasteiger partial charge is 0.390 e. The van der Waals surface area contributed by atoms with Gasteiger partial charge in [-0.3, -0.25) is 0 Å². The first-order chi connectivity index (χ1) is 9.69. The summed E-state index contributed by atoms with van der Waals surface area (Å²) in [4.78, 5) is -0.0871. The Morgan fingerprint density at radius 3 is 2.52 bits per heavy atom. The van der Waals surface area contributed by atoms with Crippen molar-refractivity contribution in [2.75, 3.05) is 20.2 Å². The maximum atomic E-state index is 12.1. The lowest BCUT2D eigenvalue weighted by Crippen LogP contribution is -2.29. The molecule has 120 valence electrons. The third-order valence-electron chi connectivity index (χ3n) is 2.67. The molecule has 0 aromatic heterocycles. The monoisotopic (exact) mass is 326 g/mol. The van der Waals surface area contributed by atoms with E-state index in [1.807, 2.05) is 4.72 Å². The number of sulfonamides is 1. The normalized spacial score (nSPS) is 12.4. The Kier molecular flexibility index (Phi) is 5.99.